The molecule has 2 heterocycles. The standard InChI is InChI=1S/C16H20N4O/c1-2-8-17-16-18-9-7-15(20-16)19-11-13-10-12-5-3-4-6-14(12)21-13/h3-7,9,13H,2,8,10-11H2,1H3,(H2,17,18,19,20). The first-order valence-electron chi connectivity index (χ1n) is 7.40. The van der Waals surface area contributed by atoms with Crippen LogP contribution in [-0.4, -0.2) is 29.2 Å². The minimum Gasteiger partial charge on any atom is -0.488 e. The maximum atomic E-state index is 5.90. The summed E-state index contributed by atoms with van der Waals surface area (Å²) in [5, 5.41) is 6.51. The van der Waals surface area contributed by atoms with Crippen LogP contribution in [0.4, 0.5) is 11.8 Å². The second-order valence-corrected chi connectivity index (χ2v) is 5.12. The molecule has 0 spiro atoms. The van der Waals surface area contributed by atoms with Gasteiger partial charge in [0.2, 0.25) is 5.95 Å². The molecule has 0 aliphatic carbocycles. The van der Waals surface area contributed by atoms with Gasteiger partial charge in [-0.2, -0.15) is 4.98 Å². The number of rotatable bonds is 6. The predicted molar refractivity (Wildman–Crippen MR) is 83.9 cm³/mol. The molecule has 1 aromatic carbocycles. The highest BCUT2D eigenvalue weighted by Gasteiger charge is 2.21. The van der Waals surface area contributed by atoms with Crippen molar-refractivity contribution in [2.45, 2.75) is 25.9 Å². The molecule has 1 aliphatic rings. The Kier molecular flexibility index (Phi) is 4.19. The molecule has 1 aliphatic heterocycles. The average molecular weight is 284 g/mol. The monoisotopic (exact) mass is 284 g/mol. The summed E-state index contributed by atoms with van der Waals surface area (Å²) in [5.41, 5.74) is 1.28. The summed E-state index contributed by atoms with van der Waals surface area (Å²) in [7, 11) is 0. The summed E-state index contributed by atoms with van der Waals surface area (Å²) in [6.45, 7) is 3.73. The van der Waals surface area contributed by atoms with Crippen LogP contribution in [0.15, 0.2) is 36.5 Å². The molecular formula is C16H20N4O. The molecule has 110 valence electrons. The Hall–Kier alpha value is -2.30. The van der Waals surface area contributed by atoms with Gasteiger partial charge in [-0.15, -0.1) is 0 Å². The number of hydrogen-bond acceptors (Lipinski definition) is 5. The number of aromatic nitrogens is 2. The van der Waals surface area contributed by atoms with Gasteiger partial charge in [0, 0.05) is 19.2 Å². The first-order valence-corrected chi connectivity index (χ1v) is 7.40. The van der Waals surface area contributed by atoms with E-state index in [0.717, 1.165) is 37.5 Å². The van der Waals surface area contributed by atoms with Crippen LogP contribution >= 0.6 is 0 Å². The number of ether oxygens (including phenoxy) is 1. The molecule has 3 rings (SSSR count). The summed E-state index contributed by atoms with van der Waals surface area (Å²) in [4.78, 5) is 8.63. The fraction of sp³-hybridized carbons (Fsp3) is 0.375. The molecule has 21 heavy (non-hydrogen) atoms. The zero-order valence-corrected chi connectivity index (χ0v) is 12.2. The molecule has 1 aromatic heterocycles. The maximum Gasteiger partial charge on any atom is 0.224 e. The van der Waals surface area contributed by atoms with Gasteiger partial charge in [-0.1, -0.05) is 25.1 Å². The number of para-hydroxylation sites is 1. The van der Waals surface area contributed by atoms with Crippen molar-refractivity contribution in [3.8, 4) is 5.75 Å². The average Bonchev–Trinajstić information content (AvgIpc) is 2.94. The summed E-state index contributed by atoms with van der Waals surface area (Å²) < 4.78 is 5.90. The van der Waals surface area contributed by atoms with Crippen LogP contribution in [0.25, 0.3) is 0 Å². The molecule has 1 unspecified atom stereocenters. The van der Waals surface area contributed by atoms with Crippen LogP contribution in [0.2, 0.25) is 0 Å². The molecule has 5 nitrogen and oxygen atoms in total. The van der Waals surface area contributed by atoms with E-state index in [4.69, 9.17) is 4.74 Å². The lowest BCUT2D eigenvalue weighted by Gasteiger charge is -2.13. The van der Waals surface area contributed by atoms with Crippen LogP contribution in [0.1, 0.15) is 18.9 Å². The lowest BCUT2D eigenvalue weighted by molar-refractivity contribution is 0.246. The Morgan fingerprint density at radius 3 is 3.00 bits per heavy atom. The summed E-state index contributed by atoms with van der Waals surface area (Å²) in [5.74, 6) is 2.48. The van der Waals surface area contributed by atoms with Crippen molar-refractivity contribution in [1.29, 1.82) is 0 Å². The van der Waals surface area contributed by atoms with E-state index >= 15 is 0 Å². The van der Waals surface area contributed by atoms with Gasteiger partial charge >= 0.3 is 0 Å². The van der Waals surface area contributed by atoms with Crippen molar-refractivity contribution in [2.24, 2.45) is 0 Å². The van der Waals surface area contributed by atoms with Crippen LogP contribution in [0.3, 0.4) is 0 Å². The van der Waals surface area contributed by atoms with Crippen molar-refractivity contribution in [3.05, 3.63) is 42.1 Å². The van der Waals surface area contributed by atoms with Gasteiger partial charge in [0.05, 0.1) is 6.54 Å². The van der Waals surface area contributed by atoms with E-state index in [1.54, 1.807) is 6.20 Å². The first-order chi connectivity index (χ1) is 10.3. The third-order valence-electron chi connectivity index (χ3n) is 3.41. The number of nitrogens with zero attached hydrogens (tertiary/aromatic N) is 2. The number of hydrogen-bond donors (Lipinski definition) is 2. The van der Waals surface area contributed by atoms with E-state index in [0.29, 0.717) is 5.95 Å². The van der Waals surface area contributed by atoms with Gasteiger partial charge in [-0.05, 0) is 24.1 Å². The fourth-order valence-corrected chi connectivity index (χ4v) is 2.37. The Balaban J connectivity index is 1.54. The Morgan fingerprint density at radius 2 is 2.14 bits per heavy atom. The molecule has 0 fully saturated rings. The summed E-state index contributed by atoms with van der Waals surface area (Å²) in [6.07, 6.45) is 3.91. The molecule has 1 atom stereocenters. The molecule has 0 bridgehead atoms. The van der Waals surface area contributed by atoms with Crippen LogP contribution in [-0.2, 0) is 6.42 Å². The van der Waals surface area contributed by atoms with E-state index < -0.39 is 0 Å². The molecule has 0 amide bonds. The number of nitrogens with one attached hydrogen (secondary N) is 2. The van der Waals surface area contributed by atoms with Gasteiger partial charge in [-0.3, -0.25) is 0 Å². The molecule has 0 saturated heterocycles. The topological polar surface area (TPSA) is 59.1 Å². The Labute approximate surface area is 124 Å². The zero-order valence-electron chi connectivity index (χ0n) is 12.2. The van der Waals surface area contributed by atoms with Crippen molar-refractivity contribution in [2.75, 3.05) is 23.7 Å². The lowest BCUT2D eigenvalue weighted by atomic mass is 10.1. The van der Waals surface area contributed by atoms with Crippen molar-refractivity contribution in [3.63, 3.8) is 0 Å². The minimum absolute atomic E-state index is 0.157. The van der Waals surface area contributed by atoms with Crippen LogP contribution < -0.4 is 15.4 Å². The van der Waals surface area contributed by atoms with Gasteiger partial charge in [0.15, 0.2) is 0 Å². The molecule has 2 N–H and O–H groups in total. The lowest BCUT2D eigenvalue weighted by Crippen LogP contribution is -2.24. The van der Waals surface area contributed by atoms with E-state index in [-0.39, 0.29) is 6.10 Å². The van der Waals surface area contributed by atoms with Crippen molar-refractivity contribution >= 4 is 11.8 Å². The Bertz CT molecular complexity index is 577. The zero-order chi connectivity index (χ0) is 14.5. The first kappa shape index (κ1) is 13.7. The third kappa shape index (κ3) is 3.42. The SMILES string of the molecule is CCCNc1nccc(NCC2Cc3ccccc3O2)n1. The molecule has 5 heteroatoms. The quantitative estimate of drug-likeness (QED) is 0.854. The van der Waals surface area contributed by atoms with E-state index in [1.807, 2.05) is 24.3 Å². The molecule has 0 saturated carbocycles. The number of anilines is 2. The van der Waals surface area contributed by atoms with Crippen molar-refractivity contribution in [1.82, 2.24) is 9.97 Å². The molecule has 2 aromatic rings. The van der Waals surface area contributed by atoms with Crippen LogP contribution in [0.5, 0.6) is 5.75 Å². The second-order valence-electron chi connectivity index (χ2n) is 5.12. The highest BCUT2D eigenvalue weighted by Crippen LogP contribution is 2.28. The van der Waals surface area contributed by atoms with Crippen molar-refractivity contribution < 1.29 is 4.74 Å². The van der Waals surface area contributed by atoms with Gasteiger partial charge in [0.25, 0.3) is 0 Å². The predicted octanol–water partition coefficient (Wildman–Crippen LogP) is 2.71. The number of fused-ring (bicyclic) bond motifs is 1. The highest BCUT2D eigenvalue weighted by molar-refractivity contribution is 5.41. The van der Waals surface area contributed by atoms with E-state index in [9.17, 15) is 0 Å². The van der Waals surface area contributed by atoms with E-state index in [1.165, 1.54) is 5.56 Å². The van der Waals surface area contributed by atoms with Gasteiger partial charge in [0.1, 0.15) is 17.7 Å². The normalized spacial score (nSPS) is 16.1. The third-order valence-corrected chi connectivity index (χ3v) is 3.41. The second kappa shape index (κ2) is 6.43. The Morgan fingerprint density at radius 1 is 1.24 bits per heavy atom. The maximum absolute atomic E-state index is 5.90. The minimum atomic E-state index is 0.157. The van der Waals surface area contributed by atoms with Gasteiger partial charge < -0.3 is 15.4 Å². The number of benzene rings is 1. The largest absolute Gasteiger partial charge is 0.488 e. The highest BCUT2D eigenvalue weighted by atomic mass is 16.5. The fourth-order valence-electron chi connectivity index (χ4n) is 2.37. The summed E-state index contributed by atoms with van der Waals surface area (Å²) >= 11 is 0. The van der Waals surface area contributed by atoms with Crippen LogP contribution in [0, 0.1) is 0 Å². The van der Waals surface area contributed by atoms with E-state index in [2.05, 4.69) is 33.6 Å². The smallest absolute Gasteiger partial charge is 0.224 e. The molecule has 0 radical (unpaired) electrons. The molecular weight excluding hydrogens is 264 g/mol. The van der Waals surface area contributed by atoms with Gasteiger partial charge in [-0.25, -0.2) is 4.98 Å². The summed E-state index contributed by atoms with van der Waals surface area (Å²) in [6, 6.07) is 10.1.